The Morgan fingerprint density at radius 1 is 0.558 bits per heavy atom. The molecule has 0 saturated carbocycles. The quantitative estimate of drug-likeness (QED) is 0.279. The van der Waals surface area contributed by atoms with Gasteiger partial charge in [0.15, 0.2) is 0 Å². The minimum absolute atomic E-state index is 0.153. The van der Waals surface area contributed by atoms with Crippen molar-refractivity contribution in [1.29, 1.82) is 0 Å². The Morgan fingerprint density at radius 2 is 1.07 bits per heavy atom. The first kappa shape index (κ1) is 27.0. The van der Waals surface area contributed by atoms with Crippen LogP contribution in [0.4, 0.5) is 11.4 Å². The summed E-state index contributed by atoms with van der Waals surface area (Å²) in [5, 5.41) is 0. The van der Waals surface area contributed by atoms with Crippen molar-refractivity contribution in [2.24, 2.45) is 11.3 Å². The van der Waals surface area contributed by atoms with Crippen molar-refractivity contribution in [3.63, 3.8) is 0 Å². The van der Waals surface area contributed by atoms with Crippen molar-refractivity contribution in [3.8, 4) is 0 Å². The molecular weight excluding hydrogens is 536 g/mol. The second-order valence-corrected chi connectivity index (χ2v) is 12.4. The van der Waals surface area contributed by atoms with Crippen molar-refractivity contribution < 1.29 is 19.2 Å². The highest BCUT2D eigenvalue weighted by Gasteiger charge is 2.73. The van der Waals surface area contributed by atoms with Gasteiger partial charge in [-0.25, -0.2) is 9.80 Å². The Hall–Kier alpha value is -4.84. The molecule has 1 aliphatic carbocycles. The molecular formula is C37H32N2O4. The van der Waals surface area contributed by atoms with Gasteiger partial charge >= 0.3 is 0 Å². The van der Waals surface area contributed by atoms with Crippen LogP contribution < -0.4 is 9.80 Å². The fraction of sp³-hybridized carbons (Fsp3) is 0.243. The average Bonchev–Trinajstić information content (AvgIpc) is 3.38. The minimum atomic E-state index is -1.49. The van der Waals surface area contributed by atoms with Gasteiger partial charge in [0.05, 0.1) is 34.5 Å². The van der Waals surface area contributed by atoms with Gasteiger partial charge in [-0.05, 0) is 75.1 Å². The molecule has 0 bridgehead atoms. The summed E-state index contributed by atoms with van der Waals surface area (Å²) in [5.41, 5.74) is 5.59. The molecule has 3 aliphatic rings. The summed E-state index contributed by atoms with van der Waals surface area (Å²) >= 11 is 0. The first-order chi connectivity index (χ1) is 20.6. The highest BCUT2D eigenvalue weighted by Crippen LogP contribution is 2.63. The molecule has 0 spiro atoms. The number of imide groups is 2. The van der Waals surface area contributed by atoms with Crippen molar-refractivity contribution in [2.75, 3.05) is 9.80 Å². The lowest BCUT2D eigenvalue weighted by atomic mass is 9.54. The fourth-order valence-corrected chi connectivity index (χ4v) is 7.45. The molecule has 6 nitrogen and oxygen atoms in total. The first-order valence-corrected chi connectivity index (χ1v) is 14.7. The van der Waals surface area contributed by atoms with E-state index in [2.05, 4.69) is 0 Å². The summed E-state index contributed by atoms with van der Waals surface area (Å²) in [5.74, 6) is -4.45. The van der Waals surface area contributed by atoms with E-state index in [0.717, 1.165) is 27.8 Å². The summed E-state index contributed by atoms with van der Waals surface area (Å²) in [6.07, 6.45) is 0.153. The van der Waals surface area contributed by atoms with Gasteiger partial charge in [0.2, 0.25) is 23.6 Å². The summed E-state index contributed by atoms with van der Waals surface area (Å²) in [7, 11) is 0. The SMILES string of the molecule is Cc1ccc(CC23C(=O)N(c4ccc(C)cc4)C(=O)C2c2cc(C)ccc2C2C(=O)N(c4ccc(C)cc4)C(=O)C23)cc1. The average molecular weight is 569 g/mol. The monoisotopic (exact) mass is 568 g/mol. The van der Waals surface area contributed by atoms with E-state index in [9.17, 15) is 14.4 Å². The maximum Gasteiger partial charge on any atom is 0.242 e. The normalized spacial score (nSPS) is 24.3. The lowest BCUT2D eigenvalue weighted by Crippen LogP contribution is -2.51. The zero-order valence-corrected chi connectivity index (χ0v) is 24.6. The van der Waals surface area contributed by atoms with Crippen LogP contribution in [-0.4, -0.2) is 23.6 Å². The molecule has 43 heavy (non-hydrogen) atoms. The van der Waals surface area contributed by atoms with Gasteiger partial charge in [-0.2, -0.15) is 0 Å². The third-order valence-electron chi connectivity index (χ3n) is 9.53. The van der Waals surface area contributed by atoms with Crippen molar-refractivity contribution in [1.82, 2.24) is 0 Å². The largest absolute Gasteiger partial charge is 0.274 e. The van der Waals surface area contributed by atoms with Gasteiger partial charge in [-0.1, -0.05) is 89.0 Å². The van der Waals surface area contributed by atoms with Crippen molar-refractivity contribution >= 4 is 35.0 Å². The van der Waals surface area contributed by atoms with Crippen molar-refractivity contribution in [3.05, 3.63) is 130 Å². The Bertz CT molecular complexity index is 1820. The van der Waals surface area contributed by atoms with Crippen LogP contribution in [0.2, 0.25) is 0 Å². The molecule has 7 rings (SSSR count). The molecule has 4 unspecified atom stereocenters. The number of anilines is 2. The number of rotatable bonds is 4. The van der Waals surface area contributed by atoms with Crippen LogP contribution in [-0.2, 0) is 25.6 Å². The van der Waals surface area contributed by atoms with E-state index in [1.54, 1.807) is 24.3 Å². The number of carbonyl (C=O) groups is 4. The third kappa shape index (κ3) is 3.86. The molecule has 6 heteroatoms. The predicted molar refractivity (Wildman–Crippen MR) is 165 cm³/mol. The van der Waals surface area contributed by atoms with Gasteiger partial charge in [0, 0.05) is 0 Å². The first-order valence-electron chi connectivity index (χ1n) is 14.7. The topological polar surface area (TPSA) is 74.8 Å². The van der Waals surface area contributed by atoms with Gasteiger partial charge in [0.1, 0.15) is 0 Å². The maximum absolute atomic E-state index is 15.0. The van der Waals surface area contributed by atoms with Crippen LogP contribution in [0.25, 0.3) is 0 Å². The van der Waals surface area contributed by atoms with Crippen molar-refractivity contribution in [2.45, 2.75) is 46.0 Å². The van der Waals surface area contributed by atoms with Crippen LogP contribution in [0.15, 0.2) is 91.0 Å². The van der Waals surface area contributed by atoms with Gasteiger partial charge in [0.25, 0.3) is 0 Å². The molecule has 2 saturated heterocycles. The number of nitrogens with zero attached hydrogens (tertiary/aromatic N) is 2. The molecule has 2 aliphatic heterocycles. The highest BCUT2D eigenvalue weighted by atomic mass is 16.2. The molecule has 4 aromatic rings. The van der Waals surface area contributed by atoms with Crippen LogP contribution in [0, 0.1) is 39.0 Å². The summed E-state index contributed by atoms with van der Waals surface area (Å²) in [6, 6.07) is 28.1. The fourth-order valence-electron chi connectivity index (χ4n) is 7.45. The predicted octanol–water partition coefficient (Wildman–Crippen LogP) is 6.09. The smallest absolute Gasteiger partial charge is 0.242 e. The van der Waals surface area contributed by atoms with Crippen LogP contribution in [0.5, 0.6) is 0 Å². The standard InChI is InChI=1S/C37H32N2O4/c1-21-5-12-25(13-6-21)20-37-31(34(41)39(36(37)43)27-16-9-23(3)10-17-27)29-19-24(4)11-18-28(29)30-32(37)35(42)38(33(30)40)26-14-7-22(2)8-15-26/h5-19,30-32H,20H2,1-4H3. The zero-order chi connectivity index (χ0) is 30.2. The molecule has 4 atom stereocenters. The Kier molecular flexibility index (Phi) is 6.03. The molecule has 0 N–H and O–H groups in total. The lowest BCUT2D eigenvalue weighted by molar-refractivity contribution is -0.138. The van der Waals surface area contributed by atoms with Crippen LogP contribution >= 0.6 is 0 Å². The van der Waals surface area contributed by atoms with E-state index in [-0.39, 0.29) is 18.2 Å². The third-order valence-corrected chi connectivity index (χ3v) is 9.53. The highest BCUT2D eigenvalue weighted by molar-refractivity contribution is 6.31. The summed E-state index contributed by atoms with van der Waals surface area (Å²) < 4.78 is 0. The zero-order valence-electron chi connectivity index (χ0n) is 24.6. The second kappa shape index (κ2) is 9.60. The Labute approximate surface area is 250 Å². The second-order valence-electron chi connectivity index (χ2n) is 12.4. The van der Waals surface area contributed by atoms with Gasteiger partial charge in [-0.15, -0.1) is 0 Å². The minimum Gasteiger partial charge on any atom is -0.274 e. The van der Waals surface area contributed by atoms with E-state index in [0.29, 0.717) is 22.5 Å². The number of fused-ring (bicyclic) bond motifs is 6. The molecule has 4 aromatic carbocycles. The lowest BCUT2D eigenvalue weighted by Gasteiger charge is -2.43. The number of amides is 4. The number of aryl methyl sites for hydroxylation is 4. The van der Waals surface area contributed by atoms with E-state index in [1.807, 2.05) is 94.4 Å². The van der Waals surface area contributed by atoms with E-state index in [1.165, 1.54) is 9.80 Å². The Morgan fingerprint density at radius 3 is 1.65 bits per heavy atom. The number of hydrogen-bond donors (Lipinski definition) is 0. The van der Waals surface area contributed by atoms with Gasteiger partial charge in [-0.3, -0.25) is 19.2 Å². The molecule has 0 aromatic heterocycles. The van der Waals surface area contributed by atoms with E-state index in [4.69, 9.17) is 0 Å². The summed E-state index contributed by atoms with van der Waals surface area (Å²) in [6.45, 7) is 7.82. The van der Waals surface area contributed by atoms with Gasteiger partial charge < -0.3 is 0 Å². The Balaban J connectivity index is 1.50. The van der Waals surface area contributed by atoms with Crippen LogP contribution in [0.1, 0.15) is 50.8 Å². The van der Waals surface area contributed by atoms with E-state index >= 15 is 4.79 Å². The maximum atomic E-state index is 15.0. The summed E-state index contributed by atoms with van der Waals surface area (Å²) in [4.78, 5) is 61.2. The molecule has 2 heterocycles. The number of hydrogen-bond acceptors (Lipinski definition) is 4. The molecule has 214 valence electrons. The molecule has 4 amide bonds. The number of carbonyl (C=O) groups excluding carboxylic acids is 4. The molecule has 0 radical (unpaired) electrons. The van der Waals surface area contributed by atoms with E-state index < -0.39 is 35.0 Å². The van der Waals surface area contributed by atoms with Crippen LogP contribution in [0.3, 0.4) is 0 Å². The number of benzene rings is 4. The molecule has 2 fully saturated rings.